The Balaban J connectivity index is 1.95. The summed E-state index contributed by atoms with van der Waals surface area (Å²) in [5, 5.41) is 11.5. The number of nitrogens with one attached hydrogen (secondary N) is 2. The van der Waals surface area contributed by atoms with Crippen molar-refractivity contribution in [2.75, 3.05) is 5.32 Å². The second-order valence-corrected chi connectivity index (χ2v) is 5.64. The first-order chi connectivity index (χ1) is 9.15. The molecule has 0 aliphatic heterocycles. The van der Waals surface area contributed by atoms with E-state index in [1.54, 1.807) is 6.20 Å². The van der Waals surface area contributed by atoms with Crippen molar-refractivity contribution < 1.29 is 4.79 Å². The molecule has 0 radical (unpaired) electrons. The Morgan fingerprint density at radius 1 is 1.37 bits per heavy atom. The quantitative estimate of drug-likeness (QED) is 0.753. The van der Waals surface area contributed by atoms with Crippen molar-refractivity contribution in [3.63, 3.8) is 0 Å². The van der Waals surface area contributed by atoms with Crippen LogP contribution in [-0.2, 0) is 0 Å². The van der Waals surface area contributed by atoms with E-state index in [2.05, 4.69) is 20.5 Å². The first kappa shape index (κ1) is 11.9. The molecular formula is C13H12N4OS. The highest BCUT2D eigenvalue weighted by Gasteiger charge is 2.15. The Morgan fingerprint density at radius 3 is 2.95 bits per heavy atom. The van der Waals surface area contributed by atoms with Gasteiger partial charge in [0.15, 0.2) is 0 Å². The molecule has 0 spiro atoms. The lowest BCUT2D eigenvalue weighted by molar-refractivity contribution is 0.102. The van der Waals surface area contributed by atoms with Gasteiger partial charge >= 0.3 is 0 Å². The third kappa shape index (κ3) is 2.10. The van der Waals surface area contributed by atoms with Crippen LogP contribution in [0.5, 0.6) is 0 Å². The van der Waals surface area contributed by atoms with Gasteiger partial charge in [-0.15, -0.1) is 11.3 Å². The molecule has 0 atom stereocenters. The number of carbonyl (C=O) groups is 1. The van der Waals surface area contributed by atoms with Gasteiger partial charge in [-0.25, -0.2) is 4.98 Å². The van der Waals surface area contributed by atoms with Crippen molar-refractivity contribution in [1.82, 2.24) is 15.2 Å². The number of thiazole rings is 1. The number of aromatic nitrogens is 3. The van der Waals surface area contributed by atoms with Crippen molar-refractivity contribution in [2.45, 2.75) is 13.8 Å². The van der Waals surface area contributed by atoms with Crippen LogP contribution in [0.4, 0.5) is 5.69 Å². The summed E-state index contributed by atoms with van der Waals surface area (Å²) in [4.78, 5) is 17.4. The number of rotatable bonds is 2. The van der Waals surface area contributed by atoms with Gasteiger partial charge in [-0.05, 0) is 26.0 Å². The fourth-order valence-corrected chi connectivity index (χ4v) is 2.81. The zero-order chi connectivity index (χ0) is 13.4. The maximum Gasteiger partial charge on any atom is 0.275 e. The number of hydrogen-bond donors (Lipinski definition) is 2. The third-order valence-electron chi connectivity index (χ3n) is 2.85. The molecule has 1 aromatic carbocycles. The molecule has 0 saturated heterocycles. The van der Waals surface area contributed by atoms with E-state index in [1.807, 2.05) is 32.0 Å². The van der Waals surface area contributed by atoms with E-state index in [0.717, 1.165) is 26.5 Å². The molecular weight excluding hydrogens is 260 g/mol. The van der Waals surface area contributed by atoms with Crippen molar-refractivity contribution in [1.29, 1.82) is 0 Å². The van der Waals surface area contributed by atoms with Crippen molar-refractivity contribution >= 4 is 33.8 Å². The van der Waals surface area contributed by atoms with Crippen LogP contribution in [0, 0.1) is 13.8 Å². The van der Waals surface area contributed by atoms with Crippen LogP contribution in [0.1, 0.15) is 20.4 Å². The lowest BCUT2D eigenvalue weighted by atomic mass is 10.2. The van der Waals surface area contributed by atoms with E-state index in [1.165, 1.54) is 11.3 Å². The number of H-pyrrole nitrogens is 1. The number of nitrogens with zero attached hydrogens (tertiary/aromatic N) is 2. The third-order valence-corrected chi connectivity index (χ3v) is 3.74. The van der Waals surface area contributed by atoms with Gasteiger partial charge in [0.25, 0.3) is 5.91 Å². The minimum Gasteiger partial charge on any atom is -0.320 e. The average Bonchev–Trinajstić information content (AvgIpc) is 2.96. The number of aryl methyl sites for hydroxylation is 2. The lowest BCUT2D eigenvalue weighted by Crippen LogP contribution is -2.13. The van der Waals surface area contributed by atoms with Gasteiger partial charge in [-0.3, -0.25) is 9.89 Å². The van der Waals surface area contributed by atoms with Gasteiger partial charge in [0, 0.05) is 10.3 Å². The summed E-state index contributed by atoms with van der Waals surface area (Å²) >= 11 is 1.52. The topological polar surface area (TPSA) is 70.7 Å². The highest BCUT2D eigenvalue weighted by Crippen LogP contribution is 2.23. The van der Waals surface area contributed by atoms with E-state index in [9.17, 15) is 4.79 Å². The van der Waals surface area contributed by atoms with E-state index in [-0.39, 0.29) is 5.91 Å². The summed E-state index contributed by atoms with van der Waals surface area (Å²) in [5.41, 5.74) is 2.12. The van der Waals surface area contributed by atoms with Gasteiger partial charge in [-0.1, -0.05) is 6.07 Å². The van der Waals surface area contributed by atoms with Crippen molar-refractivity contribution in [3.05, 3.63) is 40.0 Å². The molecule has 1 amide bonds. The first-order valence-electron chi connectivity index (χ1n) is 5.82. The number of hydrogen-bond acceptors (Lipinski definition) is 4. The molecule has 6 heteroatoms. The second-order valence-electron chi connectivity index (χ2n) is 4.23. The fraction of sp³-hybridized carbons (Fsp3) is 0.154. The summed E-state index contributed by atoms with van der Waals surface area (Å²) in [6.45, 7) is 3.79. The number of carbonyl (C=O) groups excluding carboxylic acids is 1. The standard InChI is InChI=1S/C13H12N4OS/c1-7-12(15-8(2)19-7)13(18)16-10-4-3-5-11-9(10)6-14-17-11/h3-6H,1-2H3,(H,14,17)(H,16,18). The van der Waals surface area contributed by atoms with Gasteiger partial charge in [-0.2, -0.15) is 5.10 Å². The van der Waals surface area contributed by atoms with Crippen LogP contribution >= 0.6 is 11.3 Å². The Kier molecular flexibility index (Phi) is 2.79. The molecule has 0 bridgehead atoms. The minimum absolute atomic E-state index is 0.185. The number of benzene rings is 1. The van der Waals surface area contributed by atoms with E-state index >= 15 is 0 Å². The van der Waals surface area contributed by atoms with Crippen LogP contribution in [0.25, 0.3) is 10.9 Å². The van der Waals surface area contributed by atoms with Gasteiger partial charge in [0.2, 0.25) is 0 Å². The molecule has 0 aliphatic carbocycles. The molecule has 19 heavy (non-hydrogen) atoms. The second kappa shape index (κ2) is 4.47. The van der Waals surface area contributed by atoms with Crippen LogP contribution < -0.4 is 5.32 Å². The molecule has 2 aromatic heterocycles. The van der Waals surface area contributed by atoms with Crippen LogP contribution in [0.15, 0.2) is 24.4 Å². The normalized spacial score (nSPS) is 10.8. The monoisotopic (exact) mass is 272 g/mol. The Hall–Kier alpha value is -2.21. The molecule has 5 nitrogen and oxygen atoms in total. The highest BCUT2D eigenvalue weighted by atomic mass is 32.1. The molecule has 3 rings (SSSR count). The molecule has 0 fully saturated rings. The van der Waals surface area contributed by atoms with Crippen molar-refractivity contribution in [3.8, 4) is 0 Å². The van der Waals surface area contributed by atoms with Crippen molar-refractivity contribution in [2.24, 2.45) is 0 Å². The first-order valence-corrected chi connectivity index (χ1v) is 6.64. The molecule has 0 saturated carbocycles. The number of amides is 1. The predicted molar refractivity (Wildman–Crippen MR) is 75.6 cm³/mol. The summed E-state index contributed by atoms with van der Waals surface area (Å²) in [5.74, 6) is -0.185. The van der Waals surface area contributed by atoms with E-state index in [0.29, 0.717) is 5.69 Å². The Bertz CT molecular complexity index is 759. The highest BCUT2D eigenvalue weighted by molar-refractivity contribution is 7.11. The van der Waals surface area contributed by atoms with Crippen LogP contribution in [0.2, 0.25) is 0 Å². The molecule has 3 aromatic rings. The summed E-state index contributed by atoms with van der Waals surface area (Å²) in [6.07, 6.45) is 1.70. The van der Waals surface area contributed by atoms with Gasteiger partial charge in [0.1, 0.15) is 5.69 Å². The summed E-state index contributed by atoms with van der Waals surface area (Å²) in [7, 11) is 0. The molecule has 96 valence electrons. The fourth-order valence-electron chi connectivity index (χ4n) is 2.00. The minimum atomic E-state index is -0.185. The average molecular weight is 272 g/mol. The number of anilines is 1. The van der Waals surface area contributed by atoms with E-state index in [4.69, 9.17) is 0 Å². The molecule has 2 heterocycles. The van der Waals surface area contributed by atoms with Gasteiger partial charge < -0.3 is 5.32 Å². The zero-order valence-corrected chi connectivity index (χ0v) is 11.3. The predicted octanol–water partition coefficient (Wildman–Crippen LogP) is 2.89. The Labute approximate surface area is 113 Å². The number of aromatic amines is 1. The zero-order valence-electron chi connectivity index (χ0n) is 10.5. The summed E-state index contributed by atoms with van der Waals surface area (Å²) in [6, 6.07) is 5.63. The maximum atomic E-state index is 12.2. The van der Waals surface area contributed by atoms with E-state index < -0.39 is 0 Å². The molecule has 0 aliphatic rings. The van der Waals surface area contributed by atoms with Gasteiger partial charge in [0.05, 0.1) is 22.4 Å². The molecule has 2 N–H and O–H groups in total. The SMILES string of the molecule is Cc1nc(C(=O)Nc2cccc3[nH]ncc23)c(C)s1. The Morgan fingerprint density at radius 2 is 2.21 bits per heavy atom. The summed E-state index contributed by atoms with van der Waals surface area (Å²) < 4.78 is 0. The smallest absolute Gasteiger partial charge is 0.275 e. The number of fused-ring (bicyclic) bond motifs is 1. The largest absolute Gasteiger partial charge is 0.320 e. The van der Waals surface area contributed by atoms with Crippen LogP contribution in [-0.4, -0.2) is 21.1 Å². The van der Waals surface area contributed by atoms with Crippen LogP contribution in [0.3, 0.4) is 0 Å². The maximum absolute atomic E-state index is 12.2. The molecule has 0 unspecified atom stereocenters. The lowest BCUT2D eigenvalue weighted by Gasteiger charge is -2.04.